The molecular weight excluding hydrogens is 540 g/mol. The van der Waals surface area contributed by atoms with Crippen LogP contribution in [0.25, 0.3) is 0 Å². The number of carboxylic acids is 1. The Balaban J connectivity index is 1.86. The molecule has 1 N–H and O–H groups in total. The molecule has 0 radical (unpaired) electrons. The first-order valence-electron chi connectivity index (χ1n) is 11.1. The first kappa shape index (κ1) is 29.0. The van der Waals surface area contributed by atoms with Gasteiger partial charge in [-0.2, -0.15) is 26.3 Å². The van der Waals surface area contributed by atoms with Gasteiger partial charge in [-0.25, -0.2) is 4.79 Å². The van der Waals surface area contributed by atoms with Crippen molar-refractivity contribution >= 4 is 23.4 Å². The second-order valence-electron chi connectivity index (χ2n) is 8.81. The predicted molar refractivity (Wildman–Crippen MR) is 127 cm³/mol. The quantitative estimate of drug-likeness (QED) is 0.295. The van der Waals surface area contributed by atoms with Crippen LogP contribution in [-0.4, -0.2) is 33.4 Å². The topological polar surface area (TPSA) is 75.5 Å². The molecule has 13 heteroatoms. The van der Waals surface area contributed by atoms with Crippen LogP contribution in [0.1, 0.15) is 36.1 Å². The molecule has 6 nitrogen and oxygen atoms in total. The minimum atomic E-state index is -5.02. The van der Waals surface area contributed by atoms with Crippen molar-refractivity contribution < 1.29 is 41.0 Å². The highest BCUT2D eigenvalue weighted by Gasteiger charge is 2.38. The number of alkyl halides is 6. The zero-order valence-electron chi connectivity index (χ0n) is 20.1. The monoisotopic (exact) mass is 561 g/mol. The van der Waals surface area contributed by atoms with E-state index in [-0.39, 0.29) is 29.1 Å². The molecule has 3 aromatic rings. The molecule has 0 amide bonds. The van der Waals surface area contributed by atoms with Gasteiger partial charge in [-0.05, 0) is 67.8 Å². The standard InChI is InChI=1S/C25H22ClF6N3O3/c1-23(2,22(36)37)38-18-7-3-15(4-8-18)11-12-35(21-10-9-20(26)33-34-21)14-16-5-6-17(24(27,28)29)13-19(16)25(30,31)32/h3-10,13H,11-12,14H2,1-2H3,(H,36,37). The second kappa shape index (κ2) is 11.1. The summed E-state index contributed by atoms with van der Waals surface area (Å²) in [6, 6.07) is 10.8. The van der Waals surface area contributed by atoms with Crippen molar-refractivity contribution in [3.8, 4) is 5.75 Å². The third kappa shape index (κ3) is 7.50. The molecule has 0 aliphatic rings. The molecule has 3 rings (SSSR count). The van der Waals surface area contributed by atoms with Crippen LogP contribution in [0.5, 0.6) is 5.75 Å². The highest BCUT2D eigenvalue weighted by Crippen LogP contribution is 2.38. The summed E-state index contributed by atoms with van der Waals surface area (Å²) in [6.07, 6.45) is -9.65. The minimum Gasteiger partial charge on any atom is -0.478 e. The Kier molecular flexibility index (Phi) is 8.45. The van der Waals surface area contributed by atoms with Gasteiger partial charge in [0.2, 0.25) is 0 Å². The predicted octanol–water partition coefficient (Wildman–Crippen LogP) is 6.66. The number of hydrogen-bond donors (Lipinski definition) is 1. The van der Waals surface area contributed by atoms with Gasteiger partial charge in [0.05, 0.1) is 11.1 Å². The number of benzene rings is 2. The van der Waals surface area contributed by atoms with Gasteiger partial charge >= 0.3 is 18.3 Å². The average Bonchev–Trinajstić information content (AvgIpc) is 2.81. The van der Waals surface area contributed by atoms with Gasteiger partial charge in [-0.15, -0.1) is 10.2 Å². The molecule has 0 aliphatic carbocycles. The maximum Gasteiger partial charge on any atom is 0.416 e. The largest absolute Gasteiger partial charge is 0.478 e. The number of carboxylic acid groups (broad SMARTS) is 1. The molecule has 0 saturated carbocycles. The number of halogens is 7. The fraction of sp³-hybridized carbons (Fsp3) is 0.320. The first-order chi connectivity index (χ1) is 17.6. The molecule has 0 aliphatic heterocycles. The van der Waals surface area contributed by atoms with E-state index in [0.717, 1.165) is 11.6 Å². The van der Waals surface area contributed by atoms with E-state index in [2.05, 4.69) is 10.2 Å². The normalized spacial score (nSPS) is 12.3. The van der Waals surface area contributed by atoms with Crippen molar-refractivity contribution in [2.45, 2.75) is 44.8 Å². The van der Waals surface area contributed by atoms with E-state index in [0.29, 0.717) is 18.2 Å². The van der Waals surface area contributed by atoms with Crippen LogP contribution < -0.4 is 9.64 Å². The summed E-state index contributed by atoms with van der Waals surface area (Å²) in [5, 5.41) is 16.9. The Morgan fingerprint density at radius 2 is 1.61 bits per heavy atom. The van der Waals surface area contributed by atoms with Gasteiger partial charge in [-0.1, -0.05) is 29.8 Å². The van der Waals surface area contributed by atoms with Crippen LogP contribution >= 0.6 is 11.6 Å². The third-order valence-corrected chi connectivity index (χ3v) is 5.73. The maximum atomic E-state index is 13.7. The molecule has 0 bridgehead atoms. The highest BCUT2D eigenvalue weighted by molar-refractivity contribution is 6.29. The van der Waals surface area contributed by atoms with Crippen LogP contribution in [-0.2, 0) is 30.1 Å². The van der Waals surface area contributed by atoms with Gasteiger partial charge in [0.25, 0.3) is 0 Å². The van der Waals surface area contributed by atoms with Crippen LogP contribution in [0.2, 0.25) is 5.15 Å². The van der Waals surface area contributed by atoms with Crippen molar-refractivity contribution in [3.05, 3.63) is 82.0 Å². The summed E-state index contributed by atoms with van der Waals surface area (Å²) in [6.45, 7) is 2.50. The van der Waals surface area contributed by atoms with E-state index in [1.54, 1.807) is 24.3 Å². The summed E-state index contributed by atoms with van der Waals surface area (Å²) in [7, 11) is 0. The molecule has 0 unspecified atom stereocenters. The van der Waals surface area contributed by atoms with Crippen molar-refractivity contribution in [1.82, 2.24) is 10.2 Å². The lowest BCUT2D eigenvalue weighted by Gasteiger charge is -2.26. The van der Waals surface area contributed by atoms with Gasteiger partial charge in [-0.3, -0.25) is 0 Å². The molecule has 0 atom stereocenters. The van der Waals surface area contributed by atoms with E-state index < -0.39 is 41.6 Å². The summed E-state index contributed by atoms with van der Waals surface area (Å²) in [4.78, 5) is 12.7. The number of hydrogen-bond acceptors (Lipinski definition) is 5. The molecule has 0 saturated heterocycles. The van der Waals surface area contributed by atoms with Crippen molar-refractivity contribution in [1.29, 1.82) is 0 Å². The second-order valence-corrected chi connectivity index (χ2v) is 9.20. The number of rotatable bonds is 9. The smallest absolute Gasteiger partial charge is 0.416 e. The van der Waals surface area contributed by atoms with Gasteiger partial charge in [0.15, 0.2) is 16.6 Å². The first-order valence-corrected chi connectivity index (χ1v) is 11.5. The zero-order chi connectivity index (χ0) is 28.3. The third-order valence-electron chi connectivity index (χ3n) is 5.53. The molecular formula is C25H22ClF6N3O3. The Labute approximate surface area is 218 Å². The summed E-state index contributed by atoms with van der Waals surface area (Å²) >= 11 is 5.78. The lowest BCUT2D eigenvalue weighted by atomic mass is 10.0. The number of aromatic nitrogens is 2. The number of ether oxygens (including phenoxy) is 1. The average molecular weight is 562 g/mol. The SMILES string of the molecule is CC(C)(Oc1ccc(CCN(Cc2ccc(C(F)(F)F)cc2C(F)(F)F)c2ccc(Cl)nn2)cc1)C(=O)O. The van der Waals surface area contributed by atoms with Gasteiger partial charge in [0.1, 0.15) is 5.75 Å². The fourth-order valence-electron chi connectivity index (χ4n) is 3.44. The Bertz CT molecular complexity index is 1260. The van der Waals surface area contributed by atoms with Crippen molar-refractivity contribution in [2.24, 2.45) is 0 Å². The van der Waals surface area contributed by atoms with Crippen molar-refractivity contribution in [3.63, 3.8) is 0 Å². The van der Waals surface area contributed by atoms with Gasteiger partial charge in [0, 0.05) is 13.1 Å². The van der Waals surface area contributed by atoms with Crippen LogP contribution in [0.15, 0.2) is 54.6 Å². The van der Waals surface area contributed by atoms with Crippen LogP contribution in [0, 0.1) is 0 Å². The number of aliphatic carboxylic acids is 1. The molecule has 0 fully saturated rings. The summed E-state index contributed by atoms with van der Waals surface area (Å²) in [5.41, 5.74) is -3.90. The Hall–Kier alpha value is -3.54. The zero-order valence-corrected chi connectivity index (χ0v) is 20.8. The summed E-state index contributed by atoms with van der Waals surface area (Å²) in [5.74, 6) is -0.672. The number of nitrogens with zero attached hydrogens (tertiary/aromatic N) is 3. The van der Waals surface area contributed by atoms with Crippen LogP contribution in [0.3, 0.4) is 0 Å². The van der Waals surface area contributed by atoms with Crippen LogP contribution in [0.4, 0.5) is 32.2 Å². The molecule has 204 valence electrons. The molecule has 2 aromatic carbocycles. The van der Waals surface area contributed by atoms with E-state index in [4.69, 9.17) is 16.3 Å². The lowest BCUT2D eigenvalue weighted by molar-refractivity contribution is -0.152. The molecule has 0 spiro atoms. The van der Waals surface area contributed by atoms with E-state index in [1.165, 1.54) is 30.9 Å². The van der Waals surface area contributed by atoms with E-state index in [9.17, 15) is 36.2 Å². The number of anilines is 1. The highest BCUT2D eigenvalue weighted by atomic mass is 35.5. The minimum absolute atomic E-state index is 0.0547. The molecule has 38 heavy (non-hydrogen) atoms. The molecule has 1 heterocycles. The lowest BCUT2D eigenvalue weighted by Crippen LogP contribution is -2.37. The molecule has 1 aromatic heterocycles. The van der Waals surface area contributed by atoms with Gasteiger partial charge < -0.3 is 14.7 Å². The Morgan fingerprint density at radius 1 is 0.947 bits per heavy atom. The van der Waals surface area contributed by atoms with Crippen molar-refractivity contribution in [2.75, 3.05) is 11.4 Å². The number of carbonyl (C=O) groups is 1. The summed E-state index contributed by atoms with van der Waals surface area (Å²) < 4.78 is 85.8. The van der Waals surface area contributed by atoms with E-state index in [1.807, 2.05) is 0 Å². The Morgan fingerprint density at radius 3 is 2.13 bits per heavy atom. The fourth-order valence-corrected chi connectivity index (χ4v) is 3.54. The van der Waals surface area contributed by atoms with E-state index >= 15 is 0 Å². The maximum absolute atomic E-state index is 13.7.